The molecule has 0 aliphatic heterocycles. The van der Waals surface area contributed by atoms with Crippen LogP contribution in [-0.4, -0.2) is 9.97 Å². The molecule has 0 N–H and O–H groups in total. The number of benzene rings is 3. The molecule has 0 spiro atoms. The number of nitrogens with zero attached hydrogens (tertiary/aromatic N) is 2. The van der Waals surface area contributed by atoms with Gasteiger partial charge in [0.2, 0.25) is 0 Å². The Morgan fingerprint density at radius 1 is 0.588 bits per heavy atom. The number of hydrogen-bond acceptors (Lipinski definition) is 2. The summed E-state index contributed by atoms with van der Waals surface area (Å²) < 4.78 is 0. The molecule has 0 aliphatic carbocycles. The van der Waals surface area contributed by atoms with Crippen molar-refractivity contribution >= 4 is 0 Å². The van der Waals surface area contributed by atoms with E-state index in [2.05, 4.69) is 79.3 Å². The molecular formula is C31H26IrN2-2. The summed E-state index contributed by atoms with van der Waals surface area (Å²) in [6.07, 6.45) is 3.76. The third kappa shape index (κ3) is 6.57. The maximum absolute atomic E-state index is 4.42. The van der Waals surface area contributed by atoms with Gasteiger partial charge in [0.1, 0.15) is 0 Å². The molecule has 5 aromatic rings. The first kappa shape index (κ1) is 25.2. The SMILES string of the molecule is Cc1ccc(-c2ccnc(-c3[c-]cccc3)c2)cc1.Cc1cnc(-c2[c-]cccc2)cc1C.[Ir]. The fraction of sp³-hybridized carbons (Fsp3) is 0.0968. The van der Waals surface area contributed by atoms with E-state index in [9.17, 15) is 0 Å². The fourth-order valence-electron chi connectivity index (χ4n) is 3.38. The van der Waals surface area contributed by atoms with Crippen LogP contribution in [-0.2, 0) is 20.1 Å². The van der Waals surface area contributed by atoms with Gasteiger partial charge in [0.05, 0.1) is 0 Å². The van der Waals surface area contributed by atoms with Crippen molar-refractivity contribution in [1.29, 1.82) is 0 Å². The van der Waals surface area contributed by atoms with Crippen LogP contribution in [0.5, 0.6) is 0 Å². The van der Waals surface area contributed by atoms with Crippen molar-refractivity contribution in [3.8, 4) is 33.6 Å². The van der Waals surface area contributed by atoms with Crippen LogP contribution < -0.4 is 0 Å². The fourth-order valence-corrected chi connectivity index (χ4v) is 3.38. The van der Waals surface area contributed by atoms with Crippen LogP contribution in [0, 0.1) is 32.9 Å². The molecule has 1 radical (unpaired) electrons. The summed E-state index contributed by atoms with van der Waals surface area (Å²) in [4.78, 5) is 8.80. The van der Waals surface area contributed by atoms with Crippen LogP contribution in [0.25, 0.3) is 33.6 Å². The standard InChI is InChI=1S/C18H14N.C13H12N.Ir/c1-14-7-9-15(10-8-14)17-11-12-19-18(13-17)16-5-3-2-4-6-16;1-10-8-13(14-9-11(10)2)12-6-4-3-5-7-12;/h2-5,7-13H,1H3;3-6,8-9H,1-2H3;/q2*-1;. The van der Waals surface area contributed by atoms with Crippen molar-refractivity contribution in [3.63, 3.8) is 0 Å². The monoisotopic (exact) mass is 619 g/mol. The molecule has 0 bridgehead atoms. The van der Waals surface area contributed by atoms with Gasteiger partial charge >= 0.3 is 0 Å². The molecule has 0 amide bonds. The average molecular weight is 619 g/mol. The van der Waals surface area contributed by atoms with Gasteiger partial charge in [-0.25, -0.2) is 0 Å². The second kappa shape index (κ2) is 12.2. The number of pyridine rings is 2. The second-order valence-electron chi connectivity index (χ2n) is 8.00. The second-order valence-corrected chi connectivity index (χ2v) is 8.00. The zero-order valence-corrected chi connectivity index (χ0v) is 21.9. The minimum absolute atomic E-state index is 0. The summed E-state index contributed by atoms with van der Waals surface area (Å²) in [5.74, 6) is 0. The molecule has 0 atom stereocenters. The van der Waals surface area contributed by atoms with Crippen LogP contribution in [0.3, 0.4) is 0 Å². The van der Waals surface area contributed by atoms with E-state index in [1.165, 1.54) is 27.8 Å². The average Bonchev–Trinajstić information content (AvgIpc) is 2.88. The minimum Gasteiger partial charge on any atom is -0.305 e. The molecule has 34 heavy (non-hydrogen) atoms. The van der Waals surface area contributed by atoms with Crippen LogP contribution >= 0.6 is 0 Å². The van der Waals surface area contributed by atoms with E-state index < -0.39 is 0 Å². The maximum Gasteiger partial charge on any atom is 0.0192 e. The van der Waals surface area contributed by atoms with Crippen molar-refractivity contribution in [1.82, 2.24) is 9.97 Å². The van der Waals surface area contributed by atoms with Crippen LogP contribution in [0.15, 0.2) is 103 Å². The summed E-state index contributed by atoms with van der Waals surface area (Å²) >= 11 is 0. The van der Waals surface area contributed by atoms with E-state index in [4.69, 9.17) is 0 Å². The Hall–Kier alpha value is -3.39. The van der Waals surface area contributed by atoms with Gasteiger partial charge in [0.15, 0.2) is 0 Å². The van der Waals surface area contributed by atoms with E-state index in [0.29, 0.717) is 0 Å². The Morgan fingerprint density at radius 3 is 1.76 bits per heavy atom. The predicted molar refractivity (Wildman–Crippen MR) is 137 cm³/mol. The first-order chi connectivity index (χ1) is 16.1. The van der Waals surface area contributed by atoms with Crippen LogP contribution in [0.4, 0.5) is 0 Å². The molecular weight excluding hydrogens is 593 g/mol. The molecule has 0 fully saturated rings. The Bertz CT molecular complexity index is 1320. The van der Waals surface area contributed by atoms with Gasteiger partial charge in [-0.15, -0.1) is 71.8 Å². The molecule has 0 unspecified atom stereocenters. The Morgan fingerprint density at radius 2 is 1.21 bits per heavy atom. The molecule has 0 saturated heterocycles. The van der Waals surface area contributed by atoms with Gasteiger partial charge in [-0.05, 0) is 54.9 Å². The summed E-state index contributed by atoms with van der Waals surface area (Å²) in [5, 5.41) is 0. The van der Waals surface area contributed by atoms with E-state index in [-0.39, 0.29) is 20.1 Å². The van der Waals surface area contributed by atoms with Gasteiger partial charge in [0.25, 0.3) is 0 Å². The number of aromatic nitrogens is 2. The largest absolute Gasteiger partial charge is 0.305 e. The number of aryl methyl sites for hydroxylation is 3. The molecule has 171 valence electrons. The summed E-state index contributed by atoms with van der Waals surface area (Å²) in [5.41, 5.74) is 10.2. The van der Waals surface area contributed by atoms with Crippen molar-refractivity contribution in [2.45, 2.75) is 20.8 Å². The molecule has 3 aromatic carbocycles. The Labute approximate surface area is 216 Å². The van der Waals surface area contributed by atoms with Gasteiger partial charge in [-0.3, -0.25) is 0 Å². The normalized spacial score (nSPS) is 9.97. The van der Waals surface area contributed by atoms with Crippen LogP contribution in [0.1, 0.15) is 16.7 Å². The molecule has 3 heteroatoms. The van der Waals surface area contributed by atoms with E-state index in [0.717, 1.165) is 22.5 Å². The number of hydrogen-bond donors (Lipinski definition) is 0. The van der Waals surface area contributed by atoms with Crippen molar-refractivity contribution in [2.24, 2.45) is 0 Å². The summed E-state index contributed by atoms with van der Waals surface area (Å²) in [6, 6.07) is 37.0. The van der Waals surface area contributed by atoms with E-state index in [1.54, 1.807) is 0 Å². The molecule has 5 rings (SSSR count). The zero-order chi connectivity index (χ0) is 23.0. The first-order valence-corrected chi connectivity index (χ1v) is 11.0. The van der Waals surface area contributed by atoms with Gasteiger partial charge < -0.3 is 9.97 Å². The Kier molecular flexibility index (Phi) is 9.04. The van der Waals surface area contributed by atoms with Crippen molar-refractivity contribution < 1.29 is 20.1 Å². The van der Waals surface area contributed by atoms with Gasteiger partial charge in [0, 0.05) is 32.5 Å². The molecule has 0 aliphatic rings. The molecule has 2 heterocycles. The molecule has 0 saturated carbocycles. The smallest absolute Gasteiger partial charge is 0.0192 e. The van der Waals surface area contributed by atoms with Crippen LogP contribution in [0.2, 0.25) is 0 Å². The van der Waals surface area contributed by atoms with Crippen molar-refractivity contribution in [3.05, 3.63) is 132 Å². The van der Waals surface area contributed by atoms with Crippen molar-refractivity contribution in [2.75, 3.05) is 0 Å². The van der Waals surface area contributed by atoms with Gasteiger partial charge in [-0.2, -0.15) is 0 Å². The van der Waals surface area contributed by atoms with E-state index >= 15 is 0 Å². The summed E-state index contributed by atoms with van der Waals surface area (Å²) in [6.45, 7) is 6.27. The molecule has 2 nitrogen and oxygen atoms in total. The quantitative estimate of drug-likeness (QED) is 0.194. The zero-order valence-electron chi connectivity index (χ0n) is 19.5. The van der Waals surface area contributed by atoms with E-state index in [1.807, 2.05) is 67.0 Å². The third-order valence-corrected chi connectivity index (χ3v) is 5.49. The van der Waals surface area contributed by atoms with Gasteiger partial charge in [-0.1, -0.05) is 47.5 Å². The third-order valence-electron chi connectivity index (χ3n) is 5.49. The summed E-state index contributed by atoms with van der Waals surface area (Å²) in [7, 11) is 0. The predicted octanol–water partition coefficient (Wildman–Crippen LogP) is 7.69. The topological polar surface area (TPSA) is 25.8 Å². The maximum atomic E-state index is 4.42. The number of rotatable bonds is 3. The molecule has 2 aromatic heterocycles. The minimum atomic E-state index is 0. The Balaban J connectivity index is 0.000000193. The first-order valence-electron chi connectivity index (χ1n) is 11.0.